The van der Waals surface area contributed by atoms with Gasteiger partial charge in [-0.1, -0.05) is 36.4 Å². The van der Waals surface area contributed by atoms with Gasteiger partial charge in [0.1, 0.15) is 0 Å². The highest BCUT2D eigenvalue weighted by atomic mass is 19.1. The second-order valence-corrected chi connectivity index (χ2v) is 9.61. The second kappa shape index (κ2) is 12.3. The molecule has 2 aromatic carbocycles. The van der Waals surface area contributed by atoms with Gasteiger partial charge >= 0.3 is 5.97 Å². The van der Waals surface area contributed by atoms with Crippen molar-refractivity contribution in [2.24, 2.45) is 7.05 Å². The lowest BCUT2D eigenvalue weighted by molar-refractivity contribution is 0.0696. The number of carbonyl (C=O) groups is 2. The van der Waals surface area contributed by atoms with E-state index in [1.807, 2.05) is 37.3 Å². The molecule has 0 aliphatic heterocycles. The molecule has 40 heavy (non-hydrogen) atoms. The zero-order valence-corrected chi connectivity index (χ0v) is 22.7. The van der Waals surface area contributed by atoms with E-state index in [1.165, 1.54) is 18.2 Å². The summed E-state index contributed by atoms with van der Waals surface area (Å²) >= 11 is 0. The summed E-state index contributed by atoms with van der Waals surface area (Å²) in [7, 11) is 1.78. The maximum atomic E-state index is 14.1. The number of pyridine rings is 1. The van der Waals surface area contributed by atoms with Gasteiger partial charge < -0.3 is 10.4 Å². The van der Waals surface area contributed by atoms with Crippen LogP contribution in [-0.4, -0.2) is 31.7 Å². The van der Waals surface area contributed by atoms with Crippen LogP contribution in [0.1, 0.15) is 61.6 Å². The summed E-state index contributed by atoms with van der Waals surface area (Å²) < 4.78 is 15.8. The van der Waals surface area contributed by atoms with Gasteiger partial charge in [-0.05, 0) is 84.8 Å². The number of nitrogens with zero attached hydrogens (tertiary/aromatic N) is 3. The highest BCUT2D eigenvalue weighted by Crippen LogP contribution is 2.29. The zero-order chi connectivity index (χ0) is 28.8. The van der Waals surface area contributed by atoms with Gasteiger partial charge in [0.05, 0.1) is 11.3 Å². The fraction of sp³-hybridized carbons (Fsp3) is 0.188. The molecule has 0 spiro atoms. The third-order valence-electron chi connectivity index (χ3n) is 6.58. The van der Waals surface area contributed by atoms with Crippen molar-refractivity contribution in [1.82, 2.24) is 20.1 Å². The van der Waals surface area contributed by atoms with Crippen molar-refractivity contribution in [3.05, 3.63) is 118 Å². The maximum Gasteiger partial charge on any atom is 0.335 e. The fourth-order valence-electron chi connectivity index (χ4n) is 4.40. The Balaban J connectivity index is 1.59. The smallest absolute Gasteiger partial charge is 0.335 e. The quantitative estimate of drug-likeness (QED) is 0.181. The van der Waals surface area contributed by atoms with Crippen LogP contribution < -0.4 is 5.32 Å². The number of carboxylic acids is 1. The molecule has 0 aliphatic rings. The number of nitrogens with one attached hydrogen (secondary N) is 1. The van der Waals surface area contributed by atoms with Crippen molar-refractivity contribution >= 4 is 23.5 Å². The molecular weight excluding hydrogens is 507 g/mol. The van der Waals surface area contributed by atoms with Crippen molar-refractivity contribution in [1.29, 1.82) is 0 Å². The first-order chi connectivity index (χ1) is 19.1. The first-order valence-corrected chi connectivity index (χ1v) is 12.9. The molecule has 0 atom stereocenters. The largest absolute Gasteiger partial charge is 0.478 e. The number of benzene rings is 2. The number of carboxylic acid groups (broad SMARTS) is 1. The van der Waals surface area contributed by atoms with Crippen LogP contribution in [0.2, 0.25) is 0 Å². The maximum absolute atomic E-state index is 14.1. The van der Waals surface area contributed by atoms with E-state index in [-0.39, 0.29) is 23.7 Å². The van der Waals surface area contributed by atoms with Crippen LogP contribution >= 0.6 is 0 Å². The Kier molecular flexibility index (Phi) is 8.69. The molecule has 0 fully saturated rings. The summed E-state index contributed by atoms with van der Waals surface area (Å²) in [6, 6.07) is 17.4. The Bertz CT molecular complexity index is 1580. The van der Waals surface area contributed by atoms with E-state index in [0.29, 0.717) is 12.1 Å². The Morgan fingerprint density at radius 3 is 2.48 bits per heavy atom. The van der Waals surface area contributed by atoms with Crippen LogP contribution in [-0.2, 0) is 13.6 Å². The Hall–Kier alpha value is -4.85. The van der Waals surface area contributed by atoms with Gasteiger partial charge in [-0.15, -0.1) is 6.58 Å². The van der Waals surface area contributed by atoms with E-state index in [9.17, 15) is 14.0 Å². The molecule has 0 unspecified atom stereocenters. The minimum atomic E-state index is -0.999. The number of carbonyl (C=O) groups excluding carboxylic acids is 1. The number of amides is 1. The van der Waals surface area contributed by atoms with Gasteiger partial charge in [-0.2, -0.15) is 9.49 Å². The highest BCUT2D eigenvalue weighted by Gasteiger charge is 2.15. The molecule has 0 radical (unpaired) electrons. The molecule has 4 rings (SSSR count). The molecule has 1 amide bonds. The predicted octanol–water partition coefficient (Wildman–Crippen LogP) is 6.37. The summed E-state index contributed by atoms with van der Waals surface area (Å²) in [4.78, 5) is 27.7. The molecule has 4 aromatic rings. The van der Waals surface area contributed by atoms with E-state index in [0.717, 1.165) is 45.5 Å². The van der Waals surface area contributed by atoms with Gasteiger partial charge in [0, 0.05) is 30.9 Å². The van der Waals surface area contributed by atoms with E-state index < -0.39 is 11.9 Å². The van der Waals surface area contributed by atoms with Crippen molar-refractivity contribution in [2.45, 2.75) is 33.2 Å². The number of hydrogen-bond acceptors (Lipinski definition) is 4. The van der Waals surface area contributed by atoms with Gasteiger partial charge in [-0.25, -0.2) is 9.78 Å². The van der Waals surface area contributed by atoms with E-state index in [1.54, 1.807) is 36.9 Å². The van der Waals surface area contributed by atoms with Crippen LogP contribution in [0.15, 0.2) is 73.3 Å². The first kappa shape index (κ1) is 28.2. The SMILES string of the molecule is C=CCC/C(=C\c1cc(-c2cc(C(=O)NCc3ccc(C(=O)O)cc3)nn2C)ccc1C)c1cc(C)nc(F)c1. The summed E-state index contributed by atoms with van der Waals surface area (Å²) in [5.74, 6) is -1.85. The molecule has 8 heteroatoms. The van der Waals surface area contributed by atoms with E-state index in [4.69, 9.17) is 5.11 Å². The standard InChI is InChI=1S/C32H31FN4O3/c1-5-6-7-24(27-14-21(3)35-30(33)17-27)15-26-16-25(11-8-20(26)2)29-18-28(36-37(29)4)31(38)34-19-22-9-12-23(13-10-22)32(39)40/h5,8-18H,1,6-7,19H2,2-4H3,(H,34,38)(H,39,40)/b24-15+. The second-order valence-electron chi connectivity index (χ2n) is 9.61. The summed E-state index contributed by atoms with van der Waals surface area (Å²) in [6.07, 6.45) is 5.35. The van der Waals surface area contributed by atoms with Crippen LogP contribution in [0, 0.1) is 19.8 Å². The first-order valence-electron chi connectivity index (χ1n) is 12.9. The topological polar surface area (TPSA) is 97.1 Å². The summed E-state index contributed by atoms with van der Waals surface area (Å²) in [5.41, 5.74) is 7.30. The van der Waals surface area contributed by atoms with Gasteiger partial charge in [-0.3, -0.25) is 9.48 Å². The van der Waals surface area contributed by atoms with E-state index in [2.05, 4.69) is 28.1 Å². The third kappa shape index (κ3) is 6.77. The van der Waals surface area contributed by atoms with Crippen LogP contribution in [0.4, 0.5) is 4.39 Å². The molecule has 2 heterocycles. The average Bonchev–Trinajstić information content (AvgIpc) is 3.31. The minimum absolute atomic E-state index is 0.188. The van der Waals surface area contributed by atoms with Gasteiger partial charge in [0.15, 0.2) is 5.69 Å². The van der Waals surface area contributed by atoms with Crippen molar-refractivity contribution in [2.75, 3.05) is 0 Å². The number of aryl methyl sites for hydroxylation is 3. The summed E-state index contributed by atoms with van der Waals surface area (Å²) in [6.45, 7) is 7.86. The normalized spacial score (nSPS) is 11.3. The average molecular weight is 539 g/mol. The molecule has 0 saturated carbocycles. The van der Waals surface area contributed by atoms with Crippen molar-refractivity contribution < 1.29 is 19.1 Å². The van der Waals surface area contributed by atoms with Crippen molar-refractivity contribution in [3.8, 4) is 11.3 Å². The molecule has 0 bridgehead atoms. The van der Waals surface area contributed by atoms with Gasteiger partial charge in [0.25, 0.3) is 5.91 Å². The number of rotatable bonds is 10. The predicted molar refractivity (Wildman–Crippen MR) is 154 cm³/mol. The zero-order valence-electron chi connectivity index (χ0n) is 22.7. The molecule has 7 nitrogen and oxygen atoms in total. The van der Waals surface area contributed by atoms with Crippen LogP contribution in [0.3, 0.4) is 0 Å². The Morgan fingerprint density at radius 2 is 1.80 bits per heavy atom. The third-order valence-corrected chi connectivity index (χ3v) is 6.58. The molecule has 204 valence electrons. The number of aromatic carboxylic acids is 1. The van der Waals surface area contributed by atoms with Crippen molar-refractivity contribution in [3.63, 3.8) is 0 Å². The van der Waals surface area contributed by atoms with Gasteiger partial charge in [0.2, 0.25) is 5.95 Å². The lowest BCUT2D eigenvalue weighted by Crippen LogP contribution is -2.23. The number of hydrogen-bond donors (Lipinski definition) is 2. The molecule has 0 saturated heterocycles. The molecule has 2 aromatic heterocycles. The Labute approximate surface area is 232 Å². The molecule has 0 aliphatic carbocycles. The van der Waals surface area contributed by atoms with Crippen LogP contribution in [0.5, 0.6) is 0 Å². The highest BCUT2D eigenvalue weighted by molar-refractivity contribution is 5.93. The fourth-order valence-corrected chi connectivity index (χ4v) is 4.40. The molecule has 2 N–H and O–H groups in total. The Morgan fingerprint density at radius 1 is 1.05 bits per heavy atom. The monoisotopic (exact) mass is 538 g/mol. The van der Waals surface area contributed by atoms with E-state index >= 15 is 0 Å². The number of allylic oxidation sites excluding steroid dienone is 2. The minimum Gasteiger partial charge on any atom is -0.478 e. The summed E-state index contributed by atoms with van der Waals surface area (Å²) in [5, 5.41) is 16.3. The lowest BCUT2D eigenvalue weighted by atomic mass is 9.95. The molecular formula is C32H31FN4O3. The lowest BCUT2D eigenvalue weighted by Gasteiger charge is -2.11. The number of halogens is 1. The number of aromatic nitrogens is 3. The van der Waals surface area contributed by atoms with Crippen LogP contribution in [0.25, 0.3) is 22.9 Å².